The van der Waals surface area contributed by atoms with Crippen molar-refractivity contribution in [3.05, 3.63) is 65.4 Å². The van der Waals surface area contributed by atoms with Crippen LogP contribution in [-0.2, 0) is 10.2 Å². The third kappa shape index (κ3) is 7.60. The van der Waals surface area contributed by atoms with Crippen molar-refractivity contribution >= 4 is 23.4 Å². The maximum absolute atomic E-state index is 13.3. The fourth-order valence-corrected chi connectivity index (χ4v) is 4.10. The summed E-state index contributed by atoms with van der Waals surface area (Å²) in [6.07, 6.45) is 2.81. The summed E-state index contributed by atoms with van der Waals surface area (Å²) in [5, 5.41) is 10.8. The van der Waals surface area contributed by atoms with E-state index in [0.29, 0.717) is 23.8 Å². The van der Waals surface area contributed by atoms with Crippen molar-refractivity contribution in [2.45, 2.75) is 66.2 Å². The van der Waals surface area contributed by atoms with Crippen LogP contribution >= 0.6 is 0 Å². The van der Waals surface area contributed by atoms with Crippen LogP contribution in [0.25, 0.3) is 5.69 Å². The van der Waals surface area contributed by atoms with E-state index in [0.717, 1.165) is 41.8 Å². The molecule has 38 heavy (non-hydrogen) atoms. The monoisotopic (exact) mass is 519 g/mol. The van der Waals surface area contributed by atoms with E-state index in [4.69, 9.17) is 9.84 Å². The van der Waals surface area contributed by atoms with Gasteiger partial charge < -0.3 is 20.3 Å². The van der Waals surface area contributed by atoms with Gasteiger partial charge >= 0.3 is 6.03 Å². The van der Waals surface area contributed by atoms with Gasteiger partial charge in [0.05, 0.1) is 18.5 Å². The lowest BCUT2D eigenvalue weighted by molar-refractivity contribution is -0.116. The fraction of sp³-hybridized carbons (Fsp3) is 0.433. The normalized spacial score (nSPS) is 11.2. The van der Waals surface area contributed by atoms with Gasteiger partial charge in [-0.2, -0.15) is 5.10 Å². The summed E-state index contributed by atoms with van der Waals surface area (Å²) >= 11 is 0. The summed E-state index contributed by atoms with van der Waals surface area (Å²) < 4.78 is 6.97. The Morgan fingerprint density at radius 3 is 2.32 bits per heavy atom. The number of carbonyl (C=O) groups is 2. The van der Waals surface area contributed by atoms with Crippen LogP contribution in [0.3, 0.4) is 0 Å². The summed E-state index contributed by atoms with van der Waals surface area (Å²) in [5.41, 5.74) is 4.42. The first-order chi connectivity index (χ1) is 18.0. The number of methoxy groups -OCH3 is 1. The van der Waals surface area contributed by atoms with Crippen LogP contribution in [0.5, 0.6) is 5.75 Å². The Bertz CT molecular complexity index is 1240. The van der Waals surface area contributed by atoms with Gasteiger partial charge in [-0.1, -0.05) is 58.2 Å². The topological polar surface area (TPSA) is 88.5 Å². The standard InChI is InChI=1S/C30H41N5O3/c1-8-9-10-17-34(29(37)31-23-12-14-24(38-7)15-13-23)20-28(36)32-27-19-26(30(4,5)6)33-35(27)25-16-11-21(2)18-22(25)3/h11-16,18-19H,8-10,17,20H2,1-7H3,(H,31,37)(H,32,36). The molecule has 0 spiro atoms. The van der Waals surface area contributed by atoms with E-state index in [9.17, 15) is 9.59 Å². The molecular formula is C30H41N5O3. The van der Waals surface area contributed by atoms with Crippen molar-refractivity contribution in [1.82, 2.24) is 14.7 Å². The minimum atomic E-state index is -0.320. The highest BCUT2D eigenvalue weighted by molar-refractivity contribution is 5.96. The average Bonchev–Trinajstić information content (AvgIpc) is 3.28. The SMILES string of the molecule is CCCCCN(CC(=O)Nc1cc(C(C)(C)C)nn1-c1ccc(C)cc1C)C(=O)Nc1ccc(OC)cc1. The van der Waals surface area contributed by atoms with Crippen molar-refractivity contribution in [1.29, 1.82) is 0 Å². The van der Waals surface area contributed by atoms with Crippen LogP contribution in [0, 0.1) is 13.8 Å². The number of unbranched alkanes of at least 4 members (excludes halogenated alkanes) is 2. The highest BCUT2D eigenvalue weighted by Crippen LogP contribution is 2.28. The Labute approximate surface area is 226 Å². The van der Waals surface area contributed by atoms with Crippen molar-refractivity contribution in [2.24, 2.45) is 0 Å². The Balaban J connectivity index is 1.82. The lowest BCUT2D eigenvalue weighted by atomic mass is 9.92. The Kier molecular flexibility index (Phi) is 9.55. The molecule has 0 atom stereocenters. The summed E-state index contributed by atoms with van der Waals surface area (Å²) in [6, 6.07) is 14.9. The smallest absolute Gasteiger partial charge is 0.322 e. The number of amides is 3. The second-order valence-electron chi connectivity index (χ2n) is 10.7. The number of nitrogens with zero attached hydrogens (tertiary/aromatic N) is 3. The van der Waals surface area contributed by atoms with Crippen LogP contribution in [0.4, 0.5) is 16.3 Å². The van der Waals surface area contributed by atoms with Gasteiger partial charge in [-0.15, -0.1) is 0 Å². The predicted molar refractivity (Wildman–Crippen MR) is 153 cm³/mol. The van der Waals surface area contributed by atoms with E-state index in [1.807, 2.05) is 32.0 Å². The van der Waals surface area contributed by atoms with E-state index < -0.39 is 0 Å². The molecule has 3 aromatic rings. The molecule has 0 saturated heterocycles. The van der Waals surface area contributed by atoms with E-state index in [-0.39, 0.29) is 23.9 Å². The lowest BCUT2D eigenvalue weighted by Crippen LogP contribution is -2.41. The lowest BCUT2D eigenvalue weighted by Gasteiger charge is -2.23. The van der Waals surface area contributed by atoms with Gasteiger partial charge in [-0.25, -0.2) is 9.48 Å². The number of hydrogen-bond acceptors (Lipinski definition) is 4. The van der Waals surface area contributed by atoms with Crippen LogP contribution in [0.1, 0.15) is 63.8 Å². The number of hydrogen-bond donors (Lipinski definition) is 2. The second-order valence-corrected chi connectivity index (χ2v) is 10.7. The molecule has 1 aromatic heterocycles. The zero-order chi connectivity index (χ0) is 27.9. The number of anilines is 2. The van der Waals surface area contributed by atoms with Crippen LogP contribution < -0.4 is 15.4 Å². The van der Waals surface area contributed by atoms with Gasteiger partial charge in [0.1, 0.15) is 18.1 Å². The number of nitrogens with one attached hydrogen (secondary N) is 2. The molecule has 2 N–H and O–H groups in total. The third-order valence-corrected chi connectivity index (χ3v) is 6.32. The van der Waals surface area contributed by atoms with Crippen molar-refractivity contribution in [3.8, 4) is 11.4 Å². The van der Waals surface area contributed by atoms with Gasteiger partial charge in [0, 0.05) is 23.7 Å². The number of urea groups is 1. The maximum atomic E-state index is 13.3. The average molecular weight is 520 g/mol. The van der Waals surface area contributed by atoms with Crippen LogP contribution in [-0.4, -0.2) is 46.8 Å². The first-order valence-electron chi connectivity index (χ1n) is 13.2. The van der Waals surface area contributed by atoms with Gasteiger partial charge in [0.15, 0.2) is 0 Å². The van der Waals surface area contributed by atoms with Gasteiger partial charge in [-0.05, 0) is 56.2 Å². The molecule has 1 heterocycles. The van der Waals surface area contributed by atoms with Crippen LogP contribution in [0.15, 0.2) is 48.5 Å². The molecular weight excluding hydrogens is 478 g/mol. The van der Waals surface area contributed by atoms with E-state index in [1.54, 1.807) is 41.0 Å². The molecule has 0 saturated carbocycles. The zero-order valence-electron chi connectivity index (χ0n) is 23.7. The highest BCUT2D eigenvalue weighted by atomic mass is 16.5. The predicted octanol–water partition coefficient (Wildman–Crippen LogP) is 6.46. The first kappa shape index (κ1) is 28.8. The molecule has 0 unspecified atom stereocenters. The van der Waals surface area contributed by atoms with E-state index in [2.05, 4.69) is 44.4 Å². The molecule has 0 radical (unpaired) electrons. The van der Waals surface area contributed by atoms with E-state index in [1.165, 1.54) is 0 Å². The largest absolute Gasteiger partial charge is 0.497 e. The van der Waals surface area contributed by atoms with Crippen LogP contribution in [0.2, 0.25) is 0 Å². The molecule has 8 nitrogen and oxygen atoms in total. The minimum absolute atomic E-state index is 0.0748. The number of benzene rings is 2. The number of rotatable bonds is 10. The molecule has 3 rings (SSSR count). The minimum Gasteiger partial charge on any atom is -0.497 e. The number of aryl methyl sites for hydroxylation is 2. The zero-order valence-corrected chi connectivity index (χ0v) is 23.7. The Morgan fingerprint density at radius 2 is 1.71 bits per heavy atom. The third-order valence-electron chi connectivity index (χ3n) is 6.32. The van der Waals surface area contributed by atoms with Crippen molar-refractivity contribution < 1.29 is 14.3 Å². The summed E-state index contributed by atoms with van der Waals surface area (Å²) in [5.74, 6) is 1.01. The summed E-state index contributed by atoms with van der Waals surface area (Å²) in [6.45, 7) is 12.9. The van der Waals surface area contributed by atoms with Crippen molar-refractivity contribution in [2.75, 3.05) is 30.8 Å². The molecule has 0 aliphatic rings. The molecule has 204 valence electrons. The number of ether oxygens (including phenoxy) is 1. The quantitative estimate of drug-likeness (QED) is 0.301. The fourth-order valence-electron chi connectivity index (χ4n) is 4.10. The Morgan fingerprint density at radius 1 is 1.00 bits per heavy atom. The maximum Gasteiger partial charge on any atom is 0.322 e. The number of aromatic nitrogens is 2. The molecule has 8 heteroatoms. The van der Waals surface area contributed by atoms with E-state index >= 15 is 0 Å². The van der Waals surface area contributed by atoms with Crippen molar-refractivity contribution in [3.63, 3.8) is 0 Å². The summed E-state index contributed by atoms with van der Waals surface area (Å²) in [7, 11) is 1.60. The number of carbonyl (C=O) groups excluding carboxylic acids is 2. The molecule has 0 fully saturated rings. The van der Waals surface area contributed by atoms with Gasteiger partial charge in [0.25, 0.3) is 0 Å². The molecule has 0 aliphatic heterocycles. The molecule has 0 bridgehead atoms. The van der Waals surface area contributed by atoms with Gasteiger partial charge in [0.2, 0.25) is 5.91 Å². The summed E-state index contributed by atoms with van der Waals surface area (Å²) in [4.78, 5) is 28.0. The molecule has 3 amide bonds. The Hall–Kier alpha value is -3.81. The highest BCUT2D eigenvalue weighted by Gasteiger charge is 2.23. The van der Waals surface area contributed by atoms with Gasteiger partial charge in [-0.3, -0.25) is 4.79 Å². The molecule has 0 aliphatic carbocycles. The molecule has 2 aromatic carbocycles. The first-order valence-corrected chi connectivity index (χ1v) is 13.2. The second kappa shape index (κ2) is 12.6.